The monoisotopic (exact) mass is 250 g/mol. The predicted octanol–water partition coefficient (Wildman–Crippen LogP) is 3.20. The summed E-state index contributed by atoms with van der Waals surface area (Å²) in [5.74, 6) is 0.0864. The van der Waals surface area contributed by atoms with Gasteiger partial charge in [0.15, 0.2) is 10.1 Å². The lowest BCUT2D eigenvalue weighted by Gasteiger charge is -1.98. The molecule has 0 bridgehead atoms. The van der Waals surface area contributed by atoms with Crippen molar-refractivity contribution in [2.75, 3.05) is 0 Å². The normalized spacial score (nSPS) is 10.4. The summed E-state index contributed by atoms with van der Waals surface area (Å²) in [6, 6.07) is 7.52. The van der Waals surface area contributed by atoms with E-state index >= 15 is 0 Å². The maximum atomic E-state index is 11.1. The van der Waals surface area contributed by atoms with Crippen LogP contribution in [-0.4, -0.2) is 16.0 Å². The molecule has 82 valence electrons. The zero-order valence-corrected chi connectivity index (χ0v) is 10.6. The number of hydrogen-bond acceptors (Lipinski definition) is 5. The summed E-state index contributed by atoms with van der Waals surface area (Å²) in [5, 5.41) is 8.95. The highest BCUT2D eigenvalue weighted by Gasteiger charge is 2.04. The Morgan fingerprint density at radius 2 is 1.94 bits per heavy atom. The molecule has 1 heterocycles. The maximum Gasteiger partial charge on any atom is 0.179 e. The van der Waals surface area contributed by atoms with Gasteiger partial charge in [0, 0.05) is 10.5 Å². The fourth-order valence-electron chi connectivity index (χ4n) is 1.18. The third kappa shape index (κ3) is 2.68. The van der Waals surface area contributed by atoms with Gasteiger partial charge in [-0.15, -0.1) is 10.2 Å². The first kappa shape index (κ1) is 11.3. The number of carbonyl (C=O) groups excluding carboxylic acids is 1. The number of nitrogens with zero attached hydrogens (tertiary/aromatic N) is 2. The second-order valence-corrected chi connectivity index (χ2v) is 5.77. The third-order valence-electron chi connectivity index (χ3n) is 1.97. The van der Waals surface area contributed by atoms with E-state index in [4.69, 9.17) is 0 Å². The molecule has 0 radical (unpaired) electrons. The Kier molecular flexibility index (Phi) is 3.36. The van der Waals surface area contributed by atoms with Crippen molar-refractivity contribution in [3.05, 3.63) is 34.8 Å². The number of rotatable bonds is 3. The molecule has 0 unspecified atom stereocenters. The number of aryl methyl sites for hydroxylation is 1. The van der Waals surface area contributed by atoms with Gasteiger partial charge < -0.3 is 0 Å². The molecule has 0 spiro atoms. The topological polar surface area (TPSA) is 42.9 Å². The molecule has 0 aliphatic carbocycles. The van der Waals surface area contributed by atoms with Crippen LogP contribution in [0.2, 0.25) is 0 Å². The molecule has 0 saturated carbocycles. The quantitative estimate of drug-likeness (QED) is 0.785. The molecule has 0 aliphatic rings. The second-order valence-electron chi connectivity index (χ2n) is 3.27. The smallest absolute Gasteiger partial charge is 0.179 e. The van der Waals surface area contributed by atoms with Crippen LogP contribution in [0.1, 0.15) is 22.3 Å². The van der Waals surface area contributed by atoms with Gasteiger partial charge in [0.1, 0.15) is 5.01 Å². The van der Waals surface area contributed by atoms with Crippen molar-refractivity contribution in [3.63, 3.8) is 0 Å². The summed E-state index contributed by atoms with van der Waals surface area (Å²) >= 11 is 3.13. The SMILES string of the molecule is CC(=O)c1ccc(Sc2nnc(C)s2)cc1. The standard InChI is InChI=1S/C11H10N2OS2/c1-7(14)9-3-5-10(6-4-9)16-11-13-12-8(2)15-11/h3-6H,1-2H3. The molecule has 1 aromatic carbocycles. The summed E-state index contributed by atoms with van der Waals surface area (Å²) in [5.41, 5.74) is 0.734. The molecule has 0 saturated heterocycles. The van der Waals surface area contributed by atoms with Gasteiger partial charge in [0.2, 0.25) is 0 Å². The fraction of sp³-hybridized carbons (Fsp3) is 0.182. The summed E-state index contributed by atoms with van der Waals surface area (Å²) in [6.07, 6.45) is 0. The molecule has 16 heavy (non-hydrogen) atoms. The van der Waals surface area contributed by atoms with Gasteiger partial charge >= 0.3 is 0 Å². The van der Waals surface area contributed by atoms with E-state index in [-0.39, 0.29) is 5.78 Å². The average Bonchev–Trinajstić information content (AvgIpc) is 2.65. The van der Waals surface area contributed by atoms with E-state index in [2.05, 4.69) is 10.2 Å². The molecule has 5 heteroatoms. The van der Waals surface area contributed by atoms with Crippen molar-refractivity contribution in [3.8, 4) is 0 Å². The molecule has 0 N–H and O–H groups in total. The van der Waals surface area contributed by atoms with Crippen LogP contribution in [0.4, 0.5) is 0 Å². The molecule has 3 nitrogen and oxygen atoms in total. The lowest BCUT2D eigenvalue weighted by Crippen LogP contribution is -1.90. The zero-order chi connectivity index (χ0) is 11.5. The summed E-state index contributed by atoms with van der Waals surface area (Å²) in [4.78, 5) is 12.2. The van der Waals surface area contributed by atoms with Gasteiger partial charge in [-0.05, 0) is 26.0 Å². The van der Waals surface area contributed by atoms with Crippen LogP contribution in [0, 0.1) is 6.92 Å². The van der Waals surface area contributed by atoms with Crippen LogP contribution in [0.3, 0.4) is 0 Å². The number of aromatic nitrogens is 2. The number of benzene rings is 1. The molecule has 0 amide bonds. The molecule has 1 aromatic heterocycles. The number of Topliss-reactive ketones (excluding diaryl/α,β-unsaturated/α-hetero) is 1. The Hall–Kier alpha value is -1.20. The largest absolute Gasteiger partial charge is 0.295 e. The minimum atomic E-state index is 0.0864. The highest BCUT2D eigenvalue weighted by Crippen LogP contribution is 2.29. The predicted molar refractivity (Wildman–Crippen MR) is 65.2 cm³/mol. The Morgan fingerprint density at radius 1 is 1.25 bits per heavy atom. The van der Waals surface area contributed by atoms with Gasteiger partial charge in [-0.1, -0.05) is 35.2 Å². The van der Waals surface area contributed by atoms with Gasteiger partial charge in [-0.2, -0.15) is 0 Å². The van der Waals surface area contributed by atoms with Gasteiger partial charge in [-0.25, -0.2) is 0 Å². The molecule has 0 atom stereocenters. The van der Waals surface area contributed by atoms with Crippen molar-refractivity contribution in [2.24, 2.45) is 0 Å². The first-order valence-corrected chi connectivity index (χ1v) is 6.37. The van der Waals surface area contributed by atoms with E-state index < -0.39 is 0 Å². The van der Waals surface area contributed by atoms with Crippen molar-refractivity contribution < 1.29 is 4.79 Å². The van der Waals surface area contributed by atoms with Crippen LogP contribution < -0.4 is 0 Å². The van der Waals surface area contributed by atoms with Crippen LogP contribution in [-0.2, 0) is 0 Å². The lowest BCUT2D eigenvalue weighted by atomic mass is 10.2. The van der Waals surface area contributed by atoms with E-state index in [1.807, 2.05) is 31.2 Å². The number of carbonyl (C=O) groups is 1. The van der Waals surface area contributed by atoms with Crippen LogP contribution in [0.5, 0.6) is 0 Å². The molecular formula is C11H10N2OS2. The first-order chi connectivity index (χ1) is 7.65. The van der Waals surface area contributed by atoms with E-state index in [1.165, 1.54) is 0 Å². The van der Waals surface area contributed by atoms with Crippen molar-refractivity contribution in [1.82, 2.24) is 10.2 Å². The summed E-state index contributed by atoms with van der Waals surface area (Å²) < 4.78 is 0.924. The third-order valence-corrected chi connectivity index (χ3v) is 3.87. The van der Waals surface area contributed by atoms with Crippen LogP contribution in [0.25, 0.3) is 0 Å². The summed E-state index contributed by atoms with van der Waals surface area (Å²) in [7, 11) is 0. The Labute approximate surface area is 102 Å². The minimum absolute atomic E-state index is 0.0864. The molecule has 2 rings (SSSR count). The van der Waals surface area contributed by atoms with Crippen molar-refractivity contribution >= 4 is 28.9 Å². The van der Waals surface area contributed by atoms with Gasteiger partial charge in [-0.3, -0.25) is 4.79 Å². The van der Waals surface area contributed by atoms with Crippen LogP contribution in [0.15, 0.2) is 33.5 Å². The second kappa shape index (κ2) is 4.76. The lowest BCUT2D eigenvalue weighted by molar-refractivity contribution is 0.101. The van der Waals surface area contributed by atoms with Gasteiger partial charge in [0.25, 0.3) is 0 Å². The summed E-state index contributed by atoms with van der Waals surface area (Å²) in [6.45, 7) is 3.50. The zero-order valence-electron chi connectivity index (χ0n) is 8.93. The minimum Gasteiger partial charge on any atom is -0.295 e. The van der Waals surface area contributed by atoms with E-state index in [0.717, 1.165) is 19.8 Å². The molecule has 0 aliphatic heterocycles. The van der Waals surface area contributed by atoms with E-state index in [1.54, 1.807) is 30.0 Å². The van der Waals surface area contributed by atoms with Crippen LogP contribution >= 0.6 is 23.1 Å². The van der Waals surface area contributed by atoms with E-state index in [0.29, 0.717) is 0 Å². The molecular weight excluding hydrogens is 240 g/mol. The number of hydrogen-bond donors (Lipinski definition) is 0. The fourth-order valence-corrected chi connectivity index (χ4v) is 2.97. The highest BCUT2D eigenvalue weighted by atomic mass is 32.2. The van der Waals surface area contributed by atoms with Gasteiger partial charge in [0.05, 0.1) is 0 Å². The Balaban J connectivity index is 2.14. The first-order valence-electron chi connectivity index (χ1n) is 4.74. The van der Waals surface area contributed by atoms with E-state index in [9.17, 15) is 4.79 Å². The molecule has 0 fully saturated rings. The molecule has 2 aromatic rings. The Bertz CT molecular complexity index is 505. The number of ketones is 1. The van der Waals surface area contributed by atoms with Crippen molar-refractivity contribution in [1.29, 1.82) is 0 Å². The maximum absolute atomic E-state index is 11.1. The average molecular weight is 250 g/mol. The Morgan fingerprint density at radius 3 is 2.44 bits per heavy atom. The highest BCUT2D eigenvalue weighted by molar-refractivity contribution is 8.01. The van der Waals surface area contributed by atoms with Crippen molar-refractivity contribution in [2.45, 2.75) is 23.1 Å².